The molecule has 1 N–H and O–H groups in total. The number of nitrogens with zero attached hydrogens (tertiary/aromatic N) is 1. The van der Waals surface area contributed by atoms with Gasteiger partial charge in [-0.25, -0.2) is 4.39 Å². The van der Waals surface area contributed by atoms with Crippen LogP contribution in [0.5, 0.6) is 0 Å². The fraction of sp³-hybridized carbons (Fsp3) is 0.227. The summed E-state index contributed by atoms with van der Waals surface area (Å²) in [5.74, 6) is -1.01. The average molecular weight is 412 g/mol. The molecule has 1 aliphatic rings. The van der Waals surface area contributed by atoms with Gasteiger partial charge in [0.15, 0.2) is 0 Å². The zero-order valence-corrected chi connectivity index (χ0v) is 16.7. The summed E-state index contributed by atoms with van der Waals surface area (Å²) >= 11 is 0.771. The normalized spacial score (nSPS) is 16.3. The maximum absolute atomic E-state index is 13.8. The summed E-state index contributed by atoms with van der Waals surface area (Å²) in [6, 6.07) is 15.8. The van der Waals surface area contributed by atoms with E-state index in [1.807, 2.05) is 37.3 Å². The van der Waals surface area contributed by atoms with Gasteiger partial charge in [0.1, 0.15) is 5.82 Å². The molecule has 1 aliphatic heterocycles. The fourth-order valence-corrected chi connectivity index (χ4v) is 3.84. The monoisotopic (exact) mass is 412 g/mol. The zero-order chi connectivity index (χ0) is 20.8. The van der Waals surface area contributed by atoms with Crippen molar-refractivity contribution in [3.8, 4) is 0 Å². The summed E-state index contributed by atoms with van der Waals surface area (Å²) in [6.07, 6.45) is 1.69. The molecule has 0 bridgehead atoms. The molecule has 1 fully saturated rings. The van der Waals surface area contributed by atoms with E-state index in [2.05, 4.69) is 5.32 Å². The molecule has 1 heterocycles. The number of rotatable bonds is 7. The molecule has 3 rings (SSSR count). The Labute approximate surface area is 173 Å². The molecule has 2 aromatic carbocycles. The number of halogens is 1. The number of carbonyl (C=O) groups is 3. The Morgan fingerprint density at radius 2 is 1.83 bits per heavy atom. The SMILES string of the molecule is C[C@@H](CC(=O)NCCN1C(=O)S/C(=C\c2ccccc2F)C1=O)c1ccccc1. The van der Waals surface area contributed by atoms with E-state index in [-0.39, 0.29) is 35.4 Å². The van der Waals surface area contributed by atoms with Crippen molar-refractivity contribution in [1.82, 2.24) is 10.2 Å². The second kappa shape index (κ2) is 9.52. The molecule has 1 saturated heterocycles. The van der Waals surface area contributed by atoms with Gasteiger partial charge in [0.2, 0.25) is 5.91 Å². The molecule has 2 aromatic rings. The van der Waals surface area contributed by atoms with Crippen molar-refractivity contribution in [1.29, 1.82) is 0 Å². The molecule has 5 nitrogen and oxygen atoms in total. The second-order valence-electron chi connectivity index (χ2n) is 6.72. The Bertz CT molecular complexity index is 946. The van der Waals surface area contributed by atoms with E-state index in [1.54, 1.807) is 12.1 Å². The minimum Gasteiger partial charge on any atom is -0.354 e. The lowest BCUT2D eigenvalue weighted by Gasteiger charge is -2.15. The van der Waals surface area contributed by atoms with E-state index in [0.29, 0.717) is 6.42 Å². The maximum atomic E-state index is 13.8. The molecule has 150 valence electrons. The number of hydrogen-bond donors (Lipinski definition) is 1. The van der Waals surface area contributed by atoms with Gasteiger partial charge in [-0.2, -0.15) is 0 Å². The number of benzene rings is 2. The first kappa shape index (κ1) is 20.8. The molecule has 0 spiro atoms. The summed E-state index contributed by atoms with van der Waals surface area (Å²) in [5.41, 5.74) is 1.33. The topological polar surface area (TPSA) is 66.5 Å². The molecule has 0 aromatic heterocycles. The van der Waals surface area contributed by atoms with Crippen LogP contribution in [0.25, 0.3) is 6.08 Å². The summed E-state index contributed by atoms with van der Waals surface area (Å²) < 4.78 is 13.8. The smallest absolute Gasteiger partial charge is 0.293 e. The van der Waals surface area contributed by atoms with Crippen molar-refractivity contribution >= 4 is 34.9 Å². The van der Waals surface area contributed by atoms with E-state index in [1.165, 1.54) is 18.2 Å². The van der Waals surface area contributed by atoms with Crippen molar-refractivity contribution in [3.63, 3.8) is 0 Å². The average Bonchev–Trinajstić information content (AvgIpc) is 2.97. The third kappa shape index (κ3) is 5.32. The first-order valence-corrected chi connectivity index (χ1v) is 10.1. The van der Waals surface area contributed by atoms with Gasteiger partial charge in [0, 0.05) is 25.1 Å². The Morgan fingerprint density at radius 1 is 1.14 bits per heavy atom. The van der Waals surface area contributed by atoms with Crippen LogP contribution in [-0.2, 0) is 9.59 Å². The van der Waals surface area contributed by atoms with Crippen LogP contribution in [0.15, 0.2) is 59.5 Å². The van der Waals surface area contributed by atoms with Gasteiger partial charge in [0.25, 0.3) is 11.1 Å². The third-order valence-corrected chi connectivity index (χ3v) is 5.49. The van der Waals surface area contributed by atoms with Crippen LogP contribution in [0, 0.1) is 5.82 Å². The van der Waals surface area contributed by atoms with Gasteiger partial charge >= 0.3 is 0 Å². The highest BCUT2D eigenvalue weighted by molar-refractivity contribution is 8.18. The highest BCUT2D eigenvalue weighted by atomic mass is 32.2. The van der Waals surface area contributed by atoms with Crippen LogP contribution >= 0.6 is 11.8 Å². The second-order valence-corrected chi connectivity index (χ2v) is 7.71. The highest BCUT2D eigenvalue weighted by Crippen LogP contribution is 2.32. The Balaban J connectivity index is 1.52. The van der Waals surface area contributed by atoms with Crippen molar-refractivity contribution < 1.29 is 18.8 Å². The minimum atomic E-state index is -0.477. The van der Waals surface area contributed by atoms with Gasteiger partial charge < -0.3 is 5.32 Å². The Hall–Kier alpha value is -2.93. The summed E-state index contributed by atoms with van der Waals surface area (Å²) in [6.45, 7) is 2.22. The van der Waals surface area contributed by atoms with Gasteiger partial charge in [-0.15, -0.1) is 0 Å². The van der Waals surface area contributed by atoms with Gasteiger partial charge in [-0.1, -0.05) is 55.5 Å². The lowest BCUT2D eigenvalue weighted by molar-refractivity contribution is -0.124. The van der Waals surface area contributed by atoms with Crippen LogP contribution in [0.2, 0.25) is 0 Å². The number of amides is 3. The van der Waals surface area contributed by atoms with Crippen LogP contribution in [0.3, 0.4) is 0 Å². The molecular formula is C22H21FN2O3S. The van der Waals surface area contributed by atoms with Crippen molar-refractivity contribution in [2.75, 3.05) is 13.1 Å². The number of hydrogen-bond acceptors (Lipinski definition) is 4. The van der Waals surface area contributed by atoms with Crippen LogP contribution < -0.4 is 5.32 Å². The van der Waals surface area contributed by atoms with Crippen LogP contribution in [-0.4, -0.2) is 35.0 Å². The Morgan fingerprint density at radius 3 is 2.55 bits per heavy atom. The number of thioether (sulfide) groups is 1. The van der Waals surface area contributed by atoms with Gasteiger partial charge in [-0.3, -0.25) is 19.3 Å². The molecule has 0 aliphatic carbocycles. The molecule has 1 atom stereocenters. The van der Waals surface area contributed by atoms with E-state index in [9.17, 15) is 18.8 Å². The van der Waals surface area contributed by atoms with Gasteiger partial charge in [0.05, 0.1) is 4.91 Å². The van der Waals surface area contributed by atoms with Crippen molar-refractivity contribution in [3.05, 3.63) is 76.4 Å². The minimum absolute atomic E-state index is 0.0668. The summed E-state index contributed by atoms with van der Waals surface area (Å²) in [5, 5.41) is 2.32. The lowest BCUT2D eigenvalue weighted by atomic mass is 9.98. The van der Waals surface area contributed by atoms with Crippen LogP contribution in [0.1, 0.15) is 30.4 Å². The molecule has 29 heavy (non-hydrogen) atoms. The quantitative estimate of drug-likeness (QED) is 0.693. The fourth-order valence-electron chi connectivity index (χ4n) is 2.98. The molecular weight excluding hydrogens is 391 g/mol. The molecule has 7 heteroatoms. The van der Waals surface area contributed by atoms with Crippen molar-refractivity contribution in [2.45, 2.75) is 19.3 Å². The van der Waals surface area contributed by atoms with E-state index in [4.69, 9.17) is 0 Å². The first-order chi connectivity index (χ1) is 14.0. The molecule has 0 radical (unpaired) electrons. The zero-order valence-electron chi connectivity index (χ0n) is 15.9. The molecule has 0 saturated carbocycles. The maximum Gasteiger partial charge on any atom is 0.293 e. The molecule has 3 amide bonds. The number of carbonyl (C=O) groups excluding carboxylic acids is 3. The number of imide groups is 1. The standard InChI is InChI=1S/C22H21FN2O3S/c1-15(16-7-3-2-4-8-16)13-20(26)24-11-12-25-21(27)19(29-22(25)28)14-17-9-5-6-10-18(17)23/h2-10,14-15H,11-13H2,1H3,(H,24,26)/b19-14-/t15-/m0/s1. The number of nitrogens with one attached hydrogen (secondary N) is 1. The predicted molar refractivity (Wildman–Crippen MR) is 112 cm³/mol. The van der Waals surface area contributed by atoms with Crippen LogP contribution in [0.4, 0.5) is 9.18 Å². The summed E-state index contributed by atoms with van der Waals surface area (Å²) in [7, 11) is 0. The van der Waals surface area contributed by atoms with E-state index < -0.39 is 17.0 Å². The van der Waals surface area contributed by atoms with Gasteiger partial charge in [-0.05, 0) is 35.4 Å². The first-order valence-electron chi connectivity index (χ1n) is 9.27. The van der Waals surface area contributed by atoms with Crippen molar-refractivity contribution in [2.24, 2.45) is 0 Å². The molecule has 0 unspecified atom stereocenters. The predicted octanol–water partition coefficient (Wildman–Crippen LogP) is 4.17. The van der Waals surface area contributed by atoms with E-state index in [0.717, 1.165) is 22.2 Å². The largest absolute Gasteiger partial charge is 0.354 e. The highest BCUT2D eigenvalue weighted by Gasteiger charge is 2.34. The third-order valence-electron chi connectivity index (χ3n) is 4.58. The Kier molecular flexibility index (Phi) is 6.82. The lowest BCUT2D eigenvalue weighted by Crippen LogP contribution is -2.37. The van der Waals surface area contributed by atoms with E-state index >= 15 is 0 Å². The summed E-state index contributed by atoms with van der Waals surface area (Å²) in [4.78, 5) is 38.0.